The fourth-order valence-electron chi connectivity index (χ4n) is 1.06. The minimum atomic E-state index is -0.934. The first-order valence-corrected chi connectivity index (χ1v) is 4.75. The van der Waals surface area contributed by atoms with Crippen molar-refractivity contribution in [2.75, 3.05) is 6.54 Å². The second-order valence-corrected chi connectivity index (χ2v) is 3.15. The fourth-order valence-corrected chi connectivity index (χ4v) is 1.06. The number of aromatic nitrogens is 2. The molecule has 0 spiro atoms. The summed E-state index contributed by atoms with van der Waals surface area (Å²) in [6.45, 7) is 0.129. The maximum atomic E-state index is 11.2. The Morgan fingerprint density at radius 1 is 1.62 bits per heavy atom. The zero-order valence-corrected chi connectivity index (χ0v) is 8.88. The van der Waals surface area contributed by atoms with Crippen LogP contribution in [0.25, 0.3) is 6.08 Å². The van der Waals surface area contributed by atoms with Gasteiger partial charge in [0.2, 0.25) is 5.91 Å². The molecule has 1 heterocycles. The van der Waals surface area contributed by atoms with E-state index in [4.69, 9.17) is 5.11 Å². The molecular weight excluding hydrogens is 210 g/mol. The van der Waals surface area contributed by atoms with Crippen LogP contribution in [-0.4, -0.2) is 33.3 Å². The summed E-state index contributed by atoms with van der Waals surface area (Å²) < 4.78 is 1.63. The molecule has 16 heavy (non-hydrogen) atoms. The van der Waals surface area contributed by atoms with Crippen LogP contribution in [0.15, 0.2) is 18.3 Å². The SMILES string of the molecule is Cn1nccc1/C=C/C(=O)NCCC(=O)O. The monoisotopic (exact) mass is 223 g/mol. The average Bonchev–Trinajstić information content (AvgIpc) is 2.60. The van der Waals surface area contributed by atoms with Crippen molar-refractivity contribution in [3.63, 3.8) is 0 Å². The summed E-state index contributed by atoms with van der Waals surface area (Å²) in [6, 6.07) is 1.76. The van der Waals surface area contributed by atoms with Gasteiger partial charge in [-0.3, -0.25) is 14.3 Å². The van der Waals surface area contributed by atoms with E-state index in [0.717, 1.165) is 5.69 Å². The van der Waals surface area contributed by atoms with Crippen LogP contribution in [0.2, 0.25) is 0 Å². The van der Waals surface area contributed by atoms with Crippen LogP contribution in [0.1, 0.15) is 12.1 Å². The fraction of sp³-hybridized carbons (Fsp3) is 0.300. The largest absolute Gasteiger partial charge is 0.481 e. The lowest BCUT2D eigenvalue weighted by atomic mass is 10.3. The molecule has 0 aliphatic carbocycles. The number of carboxylic acid groups (broad SMARTS) is 1. The van der Waals surface area contributed by atoms with E-state index >= 15 is 0 Å². The molecule has 0 aliphatic rings. The van der Waals surface area contributed by atoms with Crippen molar-refractivity contribution in [2.24, 2.45) is 7.05 Å². The molecule has 0 atom stereocenters. The predicted molar refractivity (Wildman–Crippen MR) is 57.5 cm³/mol. The molecule has 6 heteroatoms. The van der Waals surface area contributed by atoms with Gasteiger partial charge in [-0.1, -0.05) is 0 Å². The Balaban J connectivity index is 2.37. The molecule has 0 radical (unpaired) electrons. The molecule has 1 amide bonds. The van der Waals surface area contributed by atoms with Gasteiger partial charge >= 0.3 is 5.97 Å². The minimum Gasteiger partial charge on any atom is -0.481 e. The highest BCUT2D eigenvalue weighted by Crippen LogP contribution is 1.98. The van der Waals surface area contributed by atoms with E-state index in [9.17, 15) is 9.59 Å². The van der Waals surface area contributed by atoms with Crippen molar-refractivity contribution in [1.82, 2.24) is 15.1 Å². The Morgan fingerprint density at radius 2 is 2.38 bits per heavy atom. The Kier molecular flexibility index (Phi) is 4.26. The van der Waals surface area contributed by atoms with Crippen molar-refractivity contribution in [3.8, 4) is 0 Å². The summed E-state index contributed by atoms with van der Waals surface area (Å²) in [5.74, 6) is -1.25. The number of nitrogens with one attached hydrogen (secondary N) is 1. The lowest BCUT2D eigenvalue weighted by molar-refractivity contribution is -0.136. The first kappa shape index (κ1) is 12.0. The van der Waals surface area contributed by atoms with Gasteiger partial charge in [0.15, 0.2) is 0 Å². The average molecular weight is 223 g/mol. The second kappa shape index (κ2) is 5.69. The van der Waals surface area contributed by atoms with Crippen molar-refractivity contribution in [2.45, 2.75) is 6.42 Å². The minimum absolute atomic E-state index is 0.0781. The molecule has 0 saturated heterocycles. The highest BCUT2D eigenvalue weighted by Gasteiger charge is 1.99. The molecule has 0 bridgehead atoms. The van der Waals surface area contributed by atoms with Crippen LogP contribution in [0.3, 0.4) is 0 Å². The molecule has 86 valence electrons. The number of hydrogen-bond acceptors (Lipinski definition) is 3. The Bertz CT molecular complexity index is 409. The summed E-state index contributed by atoms with van der Waals surface area (Å²) in [4.78, 5) is 21.4. The van der Waals surface area contributed by atoms with Crippen LogP contribution in [-0.2, 0) is 16.6 Å². The number of rotatable bonds is 5. The smallest absolute Gasteiger partial charge is 0.305 e. The summed E-state index contributed by atoms with van der Waals surface area (Å²) in [7, 11) is 1.77. The van der Waals surface area contributed by atoms with Gasteiger partial charge in [-0.25, -0.2) is 0 Å². The van der Waals surface area contributed by atoms with E-state index < -0.39 is 5.97 Å². The number of carboxylic acids is 1. The molecule has 0 saturated carbocycles. The van der Waals surface area contributed by atoms with Gasteiger partial charge in [-0.05, 0) is 12.1 Å². The molecular formula is C10H13N3O3. The number of hydrogen-bond donors (Lipinski definition) is 2. The number of amides is 1. The number of carbonyl (C=O) groups excluding carboxylic acids is 1. The Labute approximate surface area is 92.6 Å². The number of aryl methyl sites for hydroxylation is 1. The lowest BCUT2D eigenvalue weighted by Crippen LogP contribution is -2.23. The van der Waals surface area contributed by atoms with Crippen LogP contribution in [0, 0.1) is 0 Å². The predicted octanol–water partition coefficient (Wildman–Crippen LogP) is 0.0242. The third-order valence-corrected chi connectivity index (χ3v) is 1.90. The van der Waals surface area contributed by atoms with Crippen LogP contribution < -0.4 is 5.32 Å². The van der Waals surface area contributed by atoms with Crippen molar-refractivity contribution < 1.29 is 14.7 Å². The summed E-state index contributed by atoms with van der Waals surface area (Å²) in [5, 5.41) is 14.8. The summed E-state index contributed by atoms with van der Waals surface area (Å²) >= 11 is 0. The maximum absolute atomic E-state index is 11.2. The van der Waals surface area contributed by atoms with Gasteiger partial charge in [0.1, 0.15) is 0 Å². The number of aliphatic carboxylic acids is 1. The number of nitrogens with zero attached hydrogens (tertiary/aromatic N) is 2. The quantitative estimate of drug-likeness (QED) is 0.689. The molecule has 0 aliphatic heterocycles. The van der Waals surface area contributed by atoms with Crippen molar-refractivity contribution in [3.05, 3.63) is 24.0 Å². The van der Waals surface area contributed by atoms with Gasteiger partial charge in [0, 0.05) is 25.9 Å². The van der Waals surface area contributed by atoms with E-state index in [2.05, 4.69) is 10.4 Å². The second-order valence-electron chi connectivity index (χ2n) is 3.15. The van der Waals surface area contributed by atoms with Gasteiger partial charge in [-0.2, -0.15) is 5.10 Å². The molecule has 2 N–H and O–H groups in total. The first-order chi connectivity index (χ1) is 7.59. The molecule has 0 fully saturated rings. The highest BCUT2D eigenvalue weighted by molar-refractivity contribution is 5.91. The zero-order valence-electron chi connectivity index (χ0n) is 8.88. The standard InChI is InChI=1S/C10H13N3O3/c1-13-8(4-7-12-13)2-3-9(14)11-6-5-10(15)16/h2-4,7H,5-6H2,1H3,(H,11,14)(H,15,16)/b3-2+. The van der Waals surface area contributed by atoms with Crippen molar-refractivity contribution >= 4 is 18.0 Å². The first-order valence-electron chi connectivity index (χ1n) is 4.75. The van der Waals surface area contributed by atoms with Gasteiger partial charge in [0.25, 0.3) is 0 Å². The van der Waals surface area contributed by atoms with E-state index in [1.165, 1.54) is 6.08 Å². The van der Waals surface area contributed by atoms with Crippen LogP contribution >= 0.6 is 0 Å². The maximum Gasteiger partial charge on any atom is 0.305 e. The van der Waals surface area contributed by atoms with Gasteiger partial charge in [-0.15, -0.1) is 0 Å². The van der Waals surface area contributed by atoms with Crippen molar-refractivity contribution in [1.29, 1.82) is 0 Å². The Hall–Kier alpha value is -2.11. The highest BCUT2D eigenvalue weighted by atomic mass is 16.4. The van der Waals surface area contributed by atoms with Crippen LogP contribution in [0.5, 0.6) is 0 Å². The third kappa shape index (κ3) is 3.95. The summed E-state index contributed by atoms with van der Waals surface area (Å²) in [5.41, 5.74) is 0.799. The zero-order chi connectivity index (χ0) is 12.0. The molecule has 0 aromatic carbocycles. The van der Waals surface area contributed by atoms with E-state index in [-0.39, 0.29) is 18.9 Å². The normalized spacial score (nSPS) is 10.6. The molecule has 1 aromatic rings. The molecule has 1 rings (SSSR count). The van der Waals surface area contributed by atoms with E-state index in [0.29, 0.717) is 0 Å². The van der Waals surface area contributed by atoms with Crippen LogP contribution in [0.4, 0.5) is 0 Å². The van der Waals surface area contributed by atoms with E-state index in [1.54, 1.807) is 30.1 Å². The molecule has 6 nitrogen and oxygen atoms in total. The summed E-state index contributed by atoms with van der Waals surface area (Å²) in [6.07, 6.45) is 4.51. The Morgan fingerprint density at radius 3 is 2.94 bits per heavy atom. The third-order valence-electron chi connectivity index (χ3n) is 1.90. The van der Waals surface area contributed by atoms with Gasteiger partial charge < -0.3 is 10.4 Å². The van der Waals surface area contributed by atoms with E-state index in [1.807, 2.05) is 0 Å². The lowest BCUT2D eigenvalue weighted by Gasteiger charge is -1.98. The number of carbonyl (C=O) groups is 2. The van der Waals surface area contributed by atoms with Gasteiger partial charge in [0.05, 0.1) is 12.1 Å². The molecule has 1 aromatic heterocycles. The topological polar surface area (TPSA) is 84.2 Å². The molecule has 0 unspecified atom stereocenters.